The lowest BCUT2D eigenvalue weighted by Crippen LogP contribution is -2.66. The number of allylic oxidation sites excluding steroid dienone is 1. The molecule has 23 heavy (non-hydrogen) atoms. The van der Waals surface area contributed by atoms with Crippen LogP contribution in [0.15, 0.2) is 11.5 Å². The van der Waals surface area contributed by atoms with Gasteiger partial charge in [-0.3, -0.25) is 4.90 Å². The number of ether oxygens (including phenoxy) is 2. The summed E-state index contributed by atoms with van der Waals surface area (Å²) in [7, 11) is 0. The van der Waals surface area contributed by atoms with Crippen LogP contribution < -0.4 is 5.73 Å². The lowest BCUT2D eigenvalue weighted by molar-refractivity contribution is -0.223. The predicted octanol–water partition coefficient (Wildman–Crippen LogP) is 0.963. The molecule has 1 saturated heterocycles. The molecule has 2 fully saturated rings. The van der Waals surface area contributed by atoms with E-state index in [4.69, 9.17) is 15.2 Å². The summed E-state index contributed by atoms with van der Waals surface area (Å²) < 4.78 is 11.5. The van der Waals surface area contributed by atoms with Crippen LogP contribution in [0, 0.1) is 45.3 Å². The van der Waals surface area contributed by atoms with E-state index >= 15 is 0 Å². The Labute approximate surface area is 135 Å². The van der Waals surface area contributed by atoms with E-state index in [9.17, 15) is 15.8 Å². The second-order valence-corrected chi connectivity index (χ2v) is 6.23. The van der Waals surface area contributed by atoms with Gasteiger partial charge in [0.15, 0.2) is 11.1 Å². The first-order valence-electron chi connectivity index (χ1n) is 7.89. The van der Waals surface area contributed by atoms with Gasteiger partial charge >= 0.3 is 0 Å². The molecule has 0 amide bonds. The number of fused-ring (bicyclic) bond motifs is 1. The van der Waals surface area contributed by atoms with Crippen molar-refractivity contribution in [1.29, 1.82) is 15.8 Å². The normalized spacial score (nSPS) is 33.5. The van der Waals surface area contributed by atoms with Crippen LogP contribution in [-0.2, 0) is 9.47 Å². The fourth-order valence-corrected chi connectivity index (χ4v) is 4.23. The molecule has 0 bridgehead atoms. The molecule has 0 aromatic heterocycles. The van der Waals surface area contributed by atoms with Gasteiger partial charge in [-0.25, -0.2) is 0 Å². The third kappa shape index (κ3) is 2.07. The quantitative estimate of drug-likeness (QED) is 0.765. The molecule has 0 spiro atoms. The molecule has 1 saturated carbocycles. The van der Waals surface area contributed by atoms with Gasteiger partial charge in [0.1, 0.15) is 11.6 Å². The zero-order chi connectivity index (χ0) is 16.5. The molecular weight excluding hydrogens is 294 g/mol. The highest BCUT2D eigenvalue weighted by atomic mass is 16.5. The Balaban J connectivity index is 2.16. The number of hydrogen-bond acceptors (Lipinski definition) is 7. The first kappa shape index (κ1) is 15.6. The largest absolute Gasteiger partial charge is 0.456 e. The number of rotatable bonds is 1. The van der Waals surface area contributed by atoms with Crippen molar-refractivity contribution in [2.45, 2.75) is 31.4 Å². The summed E-state index contributed by atoms with van der Waals surface area (Å²) >= 11 is 0. The molecule has 7 nitrogen and oxygen atoms in total. The zero-order valence-electron chi connectivity index (χ0n) is 12.9. The van der Waals surface area contributed by atoms with Gasteiger partial charge in [0.2, 0.25) is 5.88 Å². The van der Waals surface area contributed by atoms with Crippen molar-refractivity contribution in [2.75, 3.05) is 26.3 Å². The summed E-state index contributed by atoms with van der Waals surface area (Å²) in [5, 5.41) is 29.0. The molecule has 0 aromatic rings. The van der Waals surface area contributed by atoms with Gasteiger partial charge < -0.3 is 15.2 Å². The smallest absolute Gasteiger partial charge is 0.203 e. The number of nitriles is 3. The third-order valence-electron chi connectivity index (χ3n) is 5.28. The fraction of sp³-hybridized carbons (Fsp3) is 0.688. The Hall–Kier alpha value is -2.27. The molecule has 7 heteroatoms. The Morgan fingerprint density at radius 3 is 2.43 bits per heavy atom. The van der Waals surface area contributed by atoms with Gasteiger partial charge in [-0.05, 0) is 12.8 Å². The molecule has 3 rings (SSSR count). The molecule has 2 atom stereocenters. The lowest BCUT2D eigenvalue weighted by Gasteiger charge is -2.56. The highest BCUT2D eigenvalue weighted by Crippen LogP contribution is 2.55. The first-order valence-corrected chi connectivity index (χ1v) is 7.89. The van der Waals surface area contributed by atoms with Crippen LogP contribution in [0.5, 0.6) is 0 Å². The number of morpholine rings is 1. The van der Waals surface area contributed by atoms with Crippen LogP contribution in [-0.4, -0.2) is 36.9 Å². The molecule has 120 valence electrons. The monoisotopic (exact) mass is 313 g/mol. The summed E-state index contributed by atoms with van der Waals surface area (Å²) in [6.45, 7) is 2.49. The van der Waals surface area contributed by atoms with E-state index in [2.05, 4.69) is 17.0 Å². The Morgan fingerprint density at radius 2 is 1.83 bits per heavy atom. The van der Waals surface area contributed by atoms with Crippen molar-refractivity contribution in [3.63, 3.8) is 0 Å². The van der Waals surface area contributed by atoms with Gasteiger partial charge in [-0.2, -0.15) is 15.8 Å². The van der Waals surface area contributed by atoms with E-state index < -0.39 is 17.1 Å². The summed E-state index contributed by atoms with van der Waals surface area (Å²) in [5.74, 6) is -0.473. The minimum absolute atomic E-state index is 0.0433. The second kappa shape index (κ2) is 5.74. The van der Waals surface area contributed by atoms with Crippen LogP contribution in [0.1, 0.15) is 25.7 Å². The fourth-order valence-electron chi connectivity index (χ4n) is 4.23. The maximum atomic E-state index is 9.80. The topological polar surface area (TPSA) is 119 Å². The molecule has 1 aliphatic carbocycles. The number of nitrogens with two attached hydrogens (primary N) is 1. The average Bonchev–Trinajstić information content (AvgIpc) is 2.61. The van der Waals surface area contributed by atoms with E-state index in [0.717, 1.165) is 12.8 Å². The minimum atomic E-state index is -1.55. The van der Waals surface area contributed by atoms with Crippen molar-refractivity contribution in [3.05, 3.63) is 11.5 Å². The average molecular weight is 313 g/mol. The third-order valence-corrected chi connectivity index (χ3v) is 5.28. The van der Waals surface area contributed by atoms with E-state index in [1.807, 2.05) is 6.07 Å². The van der Waals surface area contributed by atoms with Crippen molar-refractivity contribution in [1.82, 2.24) is 4.90 Å². The van der Waals surface area contributed by atoms with Crippen molar-refractivity contribution >= 4 is 0 Å². The highest BCUT2D eigenvalue weighted by molar-refractivity contribution is 5.47. The predicted molar refractivity (Wildman–Crippen MR) is 78.7 cm³/mol. The Bertz CT molecular complexity index is 633. The second-order valence-electron chi connectivity index (χ2n) is 6.23. The molecule has 0 radical (unpaired) electrons. The van der Waals surface area contributed by atoms with Gasteiger partial charge in [-0.1, -0.05) is 6.42 Å². The number of hydrogen-bond donors (Lipinski definition) is 1. The van der Waals surface area contributed by atoms with E-state index in [0.29, 0.717) is 39.1 Å². The van der Waals surface area contributed by atoms with Gasteiger partial charge in [0.25, 0.3) is 0 Å². The first-order chi connectivity index (χ1) is 11.1. The summed E-state index contributed by atoms with van der Waals surface area (Å²) in [5.41, 5.74) is 3.61. The molecule has 2 heterocycles. The van der Waals surface area contributed by atoms with Crippen molar-refractivity contribution < 1.29 is 9.47 Å². The molecule has 0 unspecified atom stereocenters. The molecule has 2 aliphatic heterocycles. The Kier molecular flexibility index (Phi) is 3.90. The SMILES string of the molecule is N#CC1=C(N)O[C@]2(N3CCOCC3)CCCC[C@@H]2C1(C#N)C#N. The molecular formula is C16H19N5O2. The van der Waals surface area contributed by atoms with Crippen LogP contribution in [0.25, 0.3) is 0 Å². The standard InChI is InChI=1S/C16H19N5O2/c17-9-12-14(20)23-16(21-5-7-22-8-6-21)4-2-1-3-13(16)15(12,10-18)11-19/h13H,1-8,20H2/t13-,16-/m1/s1. The zero-order valence-corrected chi connectivity index (χ0v) is 12.9. The maximum Gasteiger partial charge on any atom is 0.203 e. The van der Waals surface area contributed by atoms with Gasteiger partial charge in [-0.15, -0.1) is 0 Å². The molecule has 3 aliphatic rings. The van der Waals surface area contributed by atoms with Crippen molar-refractivity contribution in [3.8, 4) is 18.2 Å². The molecule has 0 aromatic carbocycles. The summed E-state index contributed by atoms with van der Waals surface area (Å²) in [6.07, 6.45) is 3.21. The van der Waals surface area contributed by atoms with Gasteiger partial charge in [0.05, 0.1) is 31.3 Å². The summed E-state index contributed by atoms with van der Waals surface area (Å²) in [6, 6.07) is 6.15. The Morgan fingerprint density at radius 1 is 1.13 bits per heavy atom. The summed E-state index contributed by atoms with van der Waals surface area (Å²) in [4.78, 5) is 2.14. The highest BCUT2D eigenvalue weighted by Gasteiger charge is 2.63. The van der Waals surface area contributed by atoms with E-state index in [-0.39, 0.29) is 11.5 Å². The lowest BCUT2D eigenvalue weighted by atomic mass is 9.61. The van der Waals surface area contributed by atoms with Gasteiger partial charge in [0, 0.05) is 19.5 Å². The van der Waals surface area contributed by atoms with Crippen LogP contribution in [0.2, 0.25) is 0 Å². The molecule has 2 N–H and O–H groups in total. The maximum absolute atomic E-state index is 9.80. The van der Waals surface area contributed by atoms with Crippen LogP contribution in [0.4, 0.5) is 0 Å². The van der Waals surface area contributed by atoms with Crippen LogP contribution >= 0.6 is 0 Å². The van der Waals surface area contributed by atoms with Crippen molar-refractivity contribution in [2.24, 2.45) is 17.1 Å². The van der Waals surface area contributed by atoms with E-state index in [1.54, 1.807) is 0 Å². The minimum Gasteiger partial charge on any atom is -0.456 e. The number of nitrogens with zero attached hydrogens (tertiary/aromatic N) is 4. The van der Waals surface area contributed by atoms with Crippen LogP contribution in [0.3, 0.4) is 0 Å². The van der Waals surface area contributed by atoms with E-state index in [1.165, 1.54) is 0 Å².